The third-order valence-electron chi connectivity index (χ3n) is 4.00. The summed E-state index contributed by atoms with van der Waals surface area (Å²) in [5, 5.41) is 6.16. The summed E-state index contributed by atoms with van der Waals surface area (Å²) in [6.45, 7) is 1.67. The zero-order chi connectivity index (χ0) is 17.6. The van der Waals surface area contributed by atoms with Gasteiger partial charge in [0.05, 0.1) is 10.6 Å². The fourth-order valence-corrected chi connectivity index (χ4v) is 4.87. The SMILES string of the molecule is Cc1c(Cl)cccc1S(=O)(=O)Nc1ccsc1-c1nc(C2CC2)no1. The van der Waals surface area contributed by atoms with Crippen LogP contribution in [-0.4, -0.2) is 18.6 Å². The largest absolute Gasteiger partial charge is 0.333 e. The van der Waals surface area contributed by atoms with E-state index in [1.54, 1.807) is 30.5 Å². The lowest BCUT2D eigenvalue weighted by molar-refractivity contribution is 0.423. The van der Waals surface area contributed by atoms with Crippen LogP contribution < -0.4 is 4.72 Å². The Morgan fingerprint density at radius 2 is 2.12 bits per heavy atom. The van der Waals surface area contributed by atoms with Gasteiger partial charge in [0.1, 0.15) is 4.88 Å². The molecule has 0 amide bonds. The molecule has 1 N–H and O–H groups in total. The Hall–Kier alpha value is -1.90. The molecular formula is C16H14ClN3O3S2. The van der Waals surface area contributed by atoms with Gasteiger partial charge in [-0.05, 0) is 48.9 Å². The van der Waals surface area contributed by atoms with E-state index in [9.17, 15) is 8.42 Å². The smallest absolute Gasteiger partial charge is 0.270 e. The standard InChI is InChI=1S/C16H14ClN3O3S2/c1-9-11(17)3-2-4-13(9)25(21,22)20-12-7-8-24-14(12)16-18-15(19-23-16)10-5-6-10/h2-4,7-8,10,20H,5-6H2,1H3. The first-order valence-corrected chi connectivity index (χ1v) is 10.4. The number of rotatable bonds is 5. The Kier molecular flexibility index (Phi) is 4.05. The molecule has 0 bridgehead atoms. The third-order valence-corrected chi connectivity index (χ3v) is 6.82. The number of thiophene rings is 1. The highest BCUT2D eigenvalue weighted by Crippen LogP contribution is 2.40. The van der Waals surface area contributed by atoms with Gasteiger partial charge in [0.25, 0.3) is 15.9 Å². The lowest BCUT2D eigenvalue weighted by atomic mass is 10.2. The van der Waals surface area contributed by atoms with Crippen molar-refractivity contribution in [3.8, 4) is 10.8 Å². The van der Waals surface area contributed by atoms with Gasteiger partial charge in [0.15, 0.2) is 5.82 Å². The first-order valence-electron chi connectivity index (χ1n) is 7.65. The molecule has 2 heterocycles. The van der Waals surface area contributed by atoms with E-state index in [-0.39, 0.29) is 4.90 Å². The highest BCUT2D eigenvalue weighted by atomic mass is 35.5. The molecule has 0 spiro atoms. The molecule has 4 rings (SSSR count). The molecule has 0 radical (unpaired) electrons. The summed E-state index contributed by atoms with van der Waals surface area (Å²) in [5.74, 6) is 1.38. The van der Waals surface area contributed by atoms with Crippen LogP contribution in [0, 0.1) is 6.92 Å². The van der Waals surface area contributed by atoms with Crippen LogP contribution >= 0.6 is 22.9 Å². The van der Waals surface area contributed by atoms with Gasteiger partial charge in [0, 0.05) is 10.9 Å². The van der Waals surface area contributed by atoms with E-state index in [1.807, 2.05) is 0 Å². The number of hydrogen-bond acceptors (Lipinski definition) is 6. The van der Waals surface area contributed by atoms with Crippen LogP contribution in [0.2, 0.25) is 5.02 Å². The number of nitrogens with one attached hydrogen (secondary N) is 1. The summed E-state index contributed by atoms with van der Waals surface area (Å²) in [5.41, 5.74) is 0.914. The minimum Gasteiger partial charge on any atom is -0.333 e. The fourth-order valence-electron chi connectivity index (χ4n) is 2.47. The molecular weight excluding hydrogens is 382 g/mol. The van der Waals surface area contributed by atoms with Gasteiger partial charge in [-0.2, -0.15) is 4.98 Å². The summed E-state index contributed by atoms with van der Waals surface area (Å²) < 4.78 is 33.4. The average Bonchev–Trinajstić information content (AvgIpc) is 3.13. The van der Waals surface area contributed by atoms with Crippen molar-refractivity contribution >= 4 is 38.6 Å². The van der Waals surface area contributed by atoms with Crippen LogP contribution in [0.1, 0.15) is 30.1 Å². The Morgan fingerprint density at radius 3 is 2.88 bits per heavy atom. The number of hydrogen-bond donors (Lipinski definition) is 1. The summed E-state index contributed by atoms with van der Waals surface area (Å²) in [6.07, 6.45) is 2.13. The molecule has 25 heavy (non-hydrogen) atoms. The summed E-state index contributed by atoms with van der Waals surface area (Å²) in [7, 11) is -3.78. The van der Waals surface area contributed by atoms with Crippen LogP contribution in [0.25, 0.3) is 10.8 Å². The number of nitrogens with zero attached hydrogens (tertiary/aromatic N) is 2. The Bertz CT molecular complexity index is 1040. The van der Waals surface area contributed by atoms with Crippen molar-refractivity contribution in [3.63, 3.8) is 0 Å². The summed E-state index contributed by atoms with van der Waals surface area (Å²) in [4.78, 5) is 5.13. The minimum atomic E-state index is -3.78. The molecule has 1 fully saturated rings. The Labute approximate surface area is 153 Å². The highest BCUT2D eigenvalue weighted by Gasteiger charge is 2.30. The van der Waals surface area contributed by atoms with Crippen molar-refractivity contribution in [3.05, 3.63) is 46.1 Å². The number of anilines is 1. The molecule has 9 heteroatoms. The van der Waals surface area contributed by atoms with Crippen molar-refractivity contribution in [2.24, 2.45) is 0 Å². The molecule has 2 aromatic heterocycles. The molecule has 0 saturated heterocycles. The van der Waals surface area contributed by atoms with E-state index >= 15 is 0 Å². The van der Waals surface area contributed by atoms with Crippen LogP contribution in [0.5, 0.6) is 0 Å². The van der Waals surface area contributed by atoms with Gasteiger partial charge in [-0.25, -0.2) is 8.42 Å². The van der Waals surface area contributed by atoms with Crippen molar-refractivity contribution in [1.29, 1.82) is 0 Å². The summed E-state index contributed by atoms with van der Waals surface area (Å²) >= 11 is 7.39. The molecule has 3 aromatic rings. The van der Waals surface area contributed by atoms with Crippen molar-refractivity contribution in [1.82, 2.24) is 10.1 Å². The second-order valence-corrected chi connectivity index (χ2v) is 8.84. The van der Waals surface area contributed by atoms with E-state index in [0.717, 1.165) is 12.8 Å². The maximum atomic E-state index is 12.7. The molecule has 0 atom stereocenters. The van der Waals surface area contributed by atoms with Gasteiger partial charge >= 0.3 is 0 Å². The highest BCUT2D eigenvalue weighted by molar-refractivity contribution is 7.92. The molecule has 1 aliphatic rings. The maximum Gasteiger partial charge on any atom is 0.270 e. The van der Waals surface area contributed by atoms with Gasteiger partial charge in [0.2, 0.25) is 0 Å². The van der Waals surface area contributed by atoms with E-state index < -0.39 is 10.0 Å². The van der Waals surface area contributed by atoms with Crippen LogP contribution in [0.15, 0.2) is 39.1 Å². The zero-order valence-corrected chi connectivity index (χ0v) is 15.6. The molecule has 0 unspecified atom stereocenters. The first kappa shape index (κ1) is 16.6. The third kappa shape index (κ3) is 3.17. The predicted octanol–water partition coefficient (Wildman–Crippen LogP) is 4.44. The van der Waals surface area contributed by atoms with Crippen molar-refractivity contribution < 1.29 is 12.9 Å². The Morgan fingerprint density at radius 1 is 1.32 bits per heavy atom. The van der Waals surface area contributed by atoms with Gasteiger partial charge in [-0.1, -0.05) is 22.8 Å². The summed E-state index contributed by atoms with van der Waals surface area (Å²) in [6, 6.07) is 6.47. The van der Waals surface area contributed by atoms with Crippen LogP contribution in [0.3, 0.4) is 0 Å². The Balaban J connectivity index is 1.67. The molecule has 6 nitrogen and oxygen atoms in total. The van der Waals surface area contributed by atoms with Gasteiger partial charge < -0.3 is 4.52 Å². The predicted molar refractivity (Wildman–Crippen MR) is 96.6 cm³/mol. The van der Waals surface area contributed by atoms with E-state index in [4.69, 9.17) is 16.1 Å². The molecule has 130 valence electrons. The lowest BCUT2D eigenvalue weighted by Crippen LogP contribution is -2.14. The topological polar surface area (TPSA) is 85.1 Å². The van der Waals surface area contributed by atoms with Gasteiger partial charge in [-0.3, -0.25) is 4.72 Å². The van der Waals surface area contributed by atoms with E-state index in [2.05, 4.69) is 14.9 Å². The first-order chi connectivity index (χ1) is 12.0. The second-order valence-electron chi connectivity index (χ2n) is 5.86. The lowest BCUT2D eigenvalue weighted by Gasteiger charge is -2.10. The fraction of sp³-hybridized carbons (Fsp3) is 0.250. The molecule has 0 aliphatic heterocycles. The second kappa shape index (κ2) is 6.12. The quantitative estimate of drug-likeness (QED) is 0.690. The minimum absolute atomic E-state index is 0.140. The van der Waals surface area contributed by atoms with Crippen LogP contribution in [-0.2, 0) is 10.0 Å². The van der Waals surface area contributed by atoms with Gasteiger partial charge in [-0.15, -0.1) is 11.3 Å². The number of halogens is 1. The molecule has 1 aromatic carbocycles. The maximum absolute atomic E-state index is 12.7. The molecule has 1 aliphatic carbocycles. The molecule has 1 saturated carbocycles. The van der Waals surface area contributed by atoms with E-state index in [1.165, 1.54) is 17.4 Å². The number of benzene rings is 1. The number of aromatic nitrogens is 2. The normalized spacial score (nSPS) is 14.6. The van der Waals surface area contributed by atoms with E-state index in [0.29, 0.717) is 38.8 Å². The number of sulfonamides is 1. The average molecular weight is 396 g/mol. The van der Waals surface area contributed by atoms with Crippen LogP contribution in [0.4, 0.5) is 5.69 Å². The van der Waals surface area contributed by atoms with Crippen molar-refractivity contribution in [2.75, 3.05) is 4.72 Å². The zero-order valence-electron chi connectivity index (χ0n) is 13.2. The monoisotopic (exact) mass is 395 g/mol. The van der Waals surface area contributed by atoms with Crippen molar-refractivity contribution in [2.45, 2.75) is 30.6 Å².